The van der Waals surface area contributed by atoms with E-state index in [0.717, 1.165) is 6.61 Å². The van der Waals surface area contributed by atoms with Gasteiger partial charge < -0.3 is 4.84 Å². The molecule has 0 fully saturated rings. The molecule has 1 unspecified atom stereocenters. The molecule has 0 heterocycles. The summed E-state index contributed by atoms with van der Waals surface area (Å²) in [6.07, 6.45) is 2.45. The molecule has 0 amide bonds. The van der Waals surface area contributed by atoms with Gasteiger partial charge in [0.15, 0.2) is 0 Å². The van der Waals surface area contributed by atoms with E-state index in [1.54, 1.807) is 0 Å². The van der Waals surface area contributed by atoms with Gasteiger partial charge in [0.25, 0.3) is 0 Å². The number of hydroxylamine groups is 1. The summed E-state index contributed by atoms with van der Waals surface area (Å²) in [7, 11) is 3.35. The fourth-order valence-electron chi connectivity index (χ4n) is 0.777. The van der Waals surface area contributed by atoms with Gasteiger partial charge >= 0.3 is 0 Å². The first-order valence-corrected chi connectivity index (χ1v) is 3.45. The van der Waals surface area contributed by atoms with Crippen LogP contribution < -0.4 is 5.48 Å². The van der Waals surface area contributed by atoms with Gasteiger partial charge in [-0.3, -0.25) is 0 Å². The van der Waals surface area contributed by atoms with Crippen molar-refractivity contribution in [2.75, 3.05) is 6.61 Å². The average molecular weight is 130 g/mol. The van der Waals surface area contributed by atoms with Crippen molar-refractivity contribution in [2.24, 2.45) is 5.92 Å². The molecule has 0 saturated heterocycles. The summed E-state index contributed by atoms with van der Waals surface area (Å²) in [6, 6.07) is 0. The van der Waals surface area contributed by atoms with Gasteiger partial charge in [0.05, 0.1) is 6.61 Å². The molecule has 55 valence electrons. The molecule has 9 heavy (non-hydrogen) atoms. The summed E-state index contributed by atoms with van der Waals surface area (Å²) in [5.41, 5.74) is 2.41. The maximum Gasteiger partial charge on any atom is 0.0707 e. The van der Waals surface area contributed by atoms with Gasteiger partial charge in [-0.05, 0) is 12.3 Å². The van der Waals surface area contributed by atoms with Gasteiger partial charge in [-0.2, -0.15) is 0 Å². The van der Waals surface area contributed by atoms with Crippen molar-refractivity contribution in [3.8, 4) is 0 Å². The van der Waals surface area contributed by atoms with Crippen LogP contribution in [0.15, 0.2) is 0 Å². The van der Waals surface area contributed by atoms with Crippen molar-refractivity contribution in [1.29, 1.82) is 0 Å². The van der Waals surface area contributed by atoms with Crippen LogP contribution in [-0.2, 0) is 4.84 Å². The summed E-state index contributed by atoms with van der Waals surface area (Å²) < 4.78 is 0. The lowest BCUT2D eigenvalue weighted by Gasteiger charge is -2.07. The van der Waals surface area contributed by atoms with Crippen LogP contribution in [0.4, 0.5) is 0 Å². The van der Waals surface area contributed by atoms with Crippen molar-refractivity contribution < 1.29 is 4.84 Å². The molecule has 1 atom stereocenters. The molecule has 0 saturated carbocycles. The Bertz CT molecular complexity index is 56.9. The molecule has 0 aromatic carbocycles. The Kier molecular flexibility index (Phi) is 5.99. The third-order valence-corrected chi connectivity index (χ3v) is 1.25. The van der Waals surface area contributed by atoms with E-state index < -0.39 is 0 Å². The van der Waals surface area contributed by atoms with E-state index in [-0.39, 0.29) is 0 Å². The zero-order valence-corrected chi connectivity index (χ0v) is 6.31. The molecule has 2 nitrogen and oxygen atoms in total. The summed E-state index contributed by atoms with van der Waals surface area (Å²) in [6.45, 7) is 5.10. The van der Waals surface area contributed by atoms with Gasteiger partial charge in [0.2, 0.25) is 0 Å². The fraction of sp³-hybridized carbons (Fsp3) is 0.857. The zero-order valence-electron chi connectivity index (χ0n) is 6.31. The van der Waals surface area contributed by atoms with Crippen LogP contribution in [0.2, 0.25) is 0 Å². The Morgan fingerprint density at radius 1 is 1.67 bits per heavy atom. The van der Waals surface area contributed by atoms with Crippen LogP contribution in [0.1, 0.15) is 26.7 Å². The highest BCUT2D eigenvalue weighted by Crippen LogP contribution is 2.03. The Morgan fingerprint density at radius 3 is 2.78 bits per heavy atom. The molecule has 2 heteroatoms. The largest absolute Gasteiger partial charge is 0.301 e. The van der Waals surface area contributed by atoms with Crippen LogP contribution in [0.25, 0.3) is 0 Å². The van der Waals surface area contributed by atoms with E-state index >= 15 is 0 Å². The van der Waals surface area contributed by atoms with Crippen molar-refractivity contribution in [1.82, 2.24) is 5.48 Å². The third-order valence-electron chi connectivity index (χ3n) is 1.25. The molecular weight excluding hydrogens is 114 g/mol. The molecule has 0 aromatic heterocycles. The van der Waals surface area contributed by atoms with E-state index in [4.69, 9.17) is 4.84 Å². The lowest BCUT2D eigenvalue weighted by molar-refractivity contribution is 0.0436. The summed E-state index contributed by atoms with van der Waals surface area (Å²) in [4.78, 5) is 4.89. The van der Waals surface area contributed by atoms with Crippen molar-refractivity contribution in [2.45, 2.75) is 26.7 Å². The van der Waals surface area contributed by atoms with Crippen molar-refractivity contribution in [3.05, 3.63) is 7.05 Å². The normalized spacial score (nSPS) is 13.7. The Balaban J connectivity index is 2.95. The topological polar surface area (TPSA) is 21.3 Å². The molecule has 0 spiro atoms. The van der Waals surface area contributed by atoms with Crippen LogP contribution in [-0.4, -0.2) is 6.61 Å². The first-order chi connectivity index (χ1) is 4.31. The Morgan fingerprint density at radius 2 is 2.33 bits per heavy atom. The van der Waals surface area contributed by atoms with Gasteiger partial charge in [0, 0.05) is 7.05 Å². The van der Waals surface area contributed by atoms with Crippen molar-refractivity contribution >= 4 is 0 Å². The summed E-state index contributed by atoms with van der Waals surface area (Å²) in [5, 5.41) is 0. The standard InChI is InChI=1S/C7H16NO/c1-4-5-7(2)6-9-8-3/h7-8H,3-6H2,1-2H3. The van der Waals surface area contributed by atoms with Crippen LogP contribution in [0.5, 0.6) is 0 Å². The van der Waals surface area contributed by atoms with Crippen LogP contribution >= 0.6 is 0 Å². The summed E-state index contributed by atoms with van der Waals surface area (Å²) in [5.74, 6) is 0.643. The third kappa shape index (κ3) is 5.80. The molecule has 0 bridgehead atoms. The molecule has 0 aromatic rings. The predicted molar refractivity (Wildman–Crippen MR) is 38.5 cm³/mol. The first kappa shape index (κ1) is 8.92. The maximum absolute atomic E-state index is 4.89. The number of hydrogen-bond acceptors (Lipinski definition) is 2. The number of rotatable bonds is 5. The lowest BCUT2D eigenvalue weighted by atomic mass is 10.1. The van der Waals surface area contributed by atoms with Gasteiger partial charge in [-0.25, -0.2) is 5.48 Å². The van der Waals surface area contributed by atoms with Crippen LogP contribution in [0, 0.1) is 13.0 Å². The highest BCUT2D eigenvalue weighted by Gasteiger charge is 1.98. The van der Waals surface area contributed by atoms with E-state index in [1.807, 2.05) is 0 Å². The van der Waals surface area contributed by atoms with Gasteiger partial charge in [-0.1, -0.05) is 20.3 Å². The van der Waals surface area contributed by atoms with E-state index in [0.29, 0.717) is 5.92 Å². The number of nitrogens with one attached hydrogen (secondary N) is 1. The molecule has 0 aliphatic carbocycles. The van der Waals surface area contributed by atoms with Gasteiger partial charge in [0.1, 0.15) is 0 Å². The minimum absolute atomic E-state index is 0.643. The monoisotopic (exact) mass is 130 g/mol. The van der Waals surface area contributed by atoms with E-state index in [9.17, 15) is 0 Å². The Labute approximate surface area is 57.5 Å². The highest BCUT2D eigenvalue weighted by molar-refractivity contribution is 4.47. The smallest absolute Gasteiger partial charge is 0.0707 e. The van der Waals surface area contributed by atoms with E-state index in [2.05, 4.69) is 26.4 Å². The number of hydrogen-bond donors (Lipinski definition) is 1. The minimum atomic E-state index is 0.643. The van der Waals surface area contributed by atoms with E-state index in [1.165, 1.54) is 12.8 Å². The van der Waals surface area contributed by atoms with Gasteiger partial charge in [-0.15, -0.1) is 0 Å². The average Bonchev–Trinajstić information content (AvgIpc) is 1.85. The molecule has 1 N–H and O–H groups in total. The molecular formula is C7H16NO. The SMILES string of the molecule is [CH2]NOCC(C)CCC. The lowest BCUT2D eigenvalue weighted by Crippen LogP contribution is -2.12. The quantitative estimate of drug-likeness (QED) is 0.572. The second-order valence-corrected chi connectivity index (χ2v) is 2.35. The Hall–Kier alpha value is -0.0800. The fourth-order valence-corrected chi connectivity index (χ4v) is 0.777. The molecule has 0 rings (SSSR count). The second-order valence-electron chi connectivity index (χ2n) is 2.35. The minimum Gasteiger partial charge on any atom is -0.301 e. The highest BCUT2D eigenvalue weighted by atomic mass is 16.6. The predicted octanol–water partition coefficient (Wildman–Crippen LogP) is 1.74. The molecule has 0 aliphatic heterocycles. The molecule has 0 aliphatic rings. The first-order valence-electron chi connectivity index (χ1n) is 3.45. The molecule has 1 radical (unpaired) electrons. The van der Waals surface area contributed by atoms with Crippen molar-refractivity contribution in [3.63, 3.8) is 0 Å². The van der Waals surface area contributed by atoms with Crippen LogP contribution in [0.3, 0.4) is 0 Å². The zero-order chi connectivity index (χ0) is 7.11. The summed E-state index contributed by atoms with van der Waals surface area (Å²) >= 11 is 0. The second kappa shape index (κ2) is 6.05. The maximum atomic E-state index is 4.89.